The molecule has 0 saturated carbocycles. The van der Waals surface area contributed by atoms with Crippen molar-refractivity contribution in [3.8, 4) is 0 Å². The third-order valence-corrected chi connectivity index (χ3v) is 6.40. The van der Waals surface area contributed by atoms with Gasteiger partial charge in [-0.2, -0.15) is 13.2 Å². The van der Waals surface area contributed by atoms with E-state index in [1.54, 1.807) is 30.5 Å². The van der Waals surface area contributed by atoms with Crippen molar-refractivity contribution in [3.63, 3.8) is 0 Å². The maximum Gasteiger partial charge on any atom is 0.390 e. The number of hydrogen-bond acceptors (Lipinski definition) is 11. The summed E-state index contributed by atoms with van der Waals surface area (Å²) in [5, 5.41) is 15.9. The van der Waals surface area contributed by atoms with Gasteiger partial charge in [-0.15, -0.1) is 0 Å². The Balaban J connectivity index is 1.50. The molecule has 7 N–H and O–H groups in total. The number of hydrazine groups is 2. The van der Waals surface area contributed by atoms with E-state index in [1.807, 2.05) is 0 Å². The molecule has 3 aromatic rings. The molecule has 5 heterocycles. The number of aliphatic hydroxyl groups excluding tert-OH is 1. The SMILES string of the molecule is CC1(C(O)Nc2cccnc2)C(=O)N(N)c2nc(C3NN(CCC(F)(F)F)c4ncccc43)nc(N)c21. The fourth-order valence-electron chi connectivity index (χ4n) is 4.49. The number of nitrogens with two attached hydrogens (primary N) is 2. The third-order valence-electron chi connectivity index (χ3n) is 6.40. The van der Waals surface area contributed by atoms with E-state index in [4.69, 9.17) is 11.6 Å². The molecule has 3 aromatic heterocycles. The van der Waals surface area contributed by atoms with Gasteiger partial charge in [-0.25, -0.2) is 31.2 Å². The predicted octanol–water partition coefficient (Wildman–Crippen LogP) is 1.12. The second kappa shape index (κ2) is 8.79. The first-order chi connectivity index (χ1) is 17.5. The minimum absolute atomic E-state index is 0.0250. The number of hydrogen-bond donors (Lipinski definition) is 5. The van der Waals surface area contributed by atoms with Gasteiger partial charge < -0.3 is 16.2 Å². The number of pyridine rings is 2. The highest BCUT2D eigenvalue weighted by Gasteiger charge is 2.55. The van der Waals surface area contributed by atoms with Gasteiger partial charge in [0, 0.05) is 30.7 Å². The molecule has 2 aliphatic heterocycles. The lowest BCUT2D eigenvalue weighted by atomic mass is 9.82. The van der Waals surface area contributed by atoms with Crippen LogP contribution in [0.5, 0.6) is 0 Å². The molecule has 1 amide bonds. The molecule has 5 rings (SSSR count). The fourth-order valence-corrected chi connectivity index (χ4v) is 4.49. The van der Waals surface area contributed by atoms with Crippen molar-refractivity contribution in [3.05, 3.63) is 59.8 Å². The molecule has 0 bridgehead atoms. The molecule has 3 unspecified atom stereocenters. The standard InChI is InChI=1S/C22H23F3N10O2/c1-21(19(36)30-11-4-2-7-28-10-11)13-15(26)31-16(32-18(13)35(27)20(21)37)14-12-5-3-8-29-17(12)34(33-14)9-6-22(23,24)25/h2-5,7-8,10,14,19,30,33,36H,6,9,27H2,1H3,(H2,26,31,32). The summed E-state index contributed by atoms with van der Waals surface area (Å²) >= 11 is 0. The lowest BCUT2D eigenvalue weighted by Gasteiger charge is -2.30. The van der Waals surface area contributed by atoms with Crippen LogP contribution in [-0.2, 0) is 10.2 Å². The first kappa shape index (κ1) is 24.6. The first-order valence-corrected chi connectivity index (χ1v) is 11.2. The zero-order valence-electron chi connectivity index (χ0n) is 19.4. The van der Waals surface area contributed by atoms with E-state index in [1.165, 1.54) is 24.3 Å². The summed E-state index contributed by atoms with van der Waals surface area (Å²) in [6.07, 6.45) is -2.42. The molecule has 0 radical (unpaired) electrons. The van der Waals surface area contributed by atoms with Crippen molar-refractivity contribution in [2.45, 2.75) is 37.2 Å². The van der Waals surface area contributed by atoms with Gasteiger partial charge in [0.05, 0.1) is 17.7 Å². The van der Waals surface area contributed by atoms with Gasteiger partial charge in [0.15, 0.2) is 11.6 Å². The number of carbonyl (C=O) groups is 1. The number of fused-ring (bicyclic) bond motifs is 2. The van der Waals surface area contributed by atoms with Gasteiger partial charge in [-0.05, 0) is 25.1 Å². The minimum Gasteiger partial charge on any atom is -0.383 e. The van der Waals surface area contributed by atoms with Gasteiger partial charge in [0.1, 0.15) is 29.3 Å². The Labute approximate surface area is 208 Å². The Bertz CT molecular complexity index is 1340. The molecular weight excluding hydrogens is 493 g/mol. The monoisotopic (exact) mass is 516 g/mol. The summed E-state index contributed by atoms with van der Waals surface area (Å²) in [7, 11) is 0. The molecule has 12 nitrogen and oxygen atoms in total. The normalized spacial score (nSPS) is 21.7. The zero-order valence-corrected chi connectivity index (χ0v) is 19.4. The highest BCUT2D eigenvalue weighted by atomic mass is 19.4. The summed E-state index contributed by atoms with van der Waals surface area (Å²) in [4.78, 5) is 30.2. The number of nitrogens with one attached hydrogen (secondary N) is 2. The molecule has 3 atom stereocenters. The van der Waals surface area contributed by atoms with Crippen LogP contribution in [0.15, 0.2) is 42.9 Å². The number of amides is 1. The van der Waals surface area contributed by atoms with Crippen molar-refractivity contribution in [2.24, 2.45) is 5.84 Å². The number of carbonyl (C=O) groups excluding carboxylic acids is 1. The van der Waals surface area contributed by atoms with E-state index < -0.39 is 42.7 Å². The number of aromatic nitrogens is 4. The van der Waals surface area contributed by atoms with E-state index in [-0.39, 0.29) is 23.0 Å². The van der Waals surface area contributed by atoms with E-state index in [0.29, 0.717) is 17.1 Å². The maximum atomic E-state index is 13.3. The number of nitrogen functional groups attached to an aromatic ring is 1. The highest BCUT2D eigenvalue weighted by molar-refractivity contribution is 6.08. The summed E-state index contributed by atoms with van der Waals surface area (Å²) in [6, 6.07) is 5.81. The molecule has 0 spiro atoms. The van der Waals surface area contributed by atoms with Crippen molar-refractivity contribution in [1.29, 1.82) is 0 Å². The van der Waals surface area contributed by atoms with Gasteiger partial charge in [0.2, 0.25) is 0 Å². The summed E-state index contributed by atoms with van der Waals surface area (Å²) in [5.74, 6) is 5.61. The number of anilines is 4. The highest BCUT2D eigenvalue weighted by Crippen LogP contribution is 2.45. The van der Waals surface area contributed by atoms with Crippen LogP contribution in [0, 0.1) is 0 Å². The van der Waals surface area contributed by atoms with E-state index in [2.05, 4.69) is 30.7 Å². The van der Waals surface area contributed by atoms with E-state index in [0.717, 1.165) is 5.01 Å². The average molecular weight is 516 g/mol. The first-order valence-electron chi connectivity index (χ1n) is 11.2. The molecule has 0 aliphatic carbocycles. The summed E-state index contributed by atoms with van der Waals surface area (Å²) in [5.41, 5.74) is 8.69. The van der Waals surface area contributed by atoms with Crippen LogP contribution >= 0.6 is 0 Å². The predicted molar refractivity (Wildman–Crippen MR) is 127 cm³/mol. The summed E-state index contributed by atoms with van der Waals surface area (Å²) < 4.78 is 38.6. The van der Waals surface area contributed by atoms with Crippen molar-refractivity contribution in [2.75, 3.05) is 27.6 Å². The Kier molecular flexibility index (Phi) is 5.85. The largest absolute Gasteiger partial charge is 0.390 e. The third kappa shape index (κ3) is 4.16. The second-order valence-electron chi connectivity index (χ2n) is 8.83. The smallest absolute Gasteiger partial charge is 0.383 e. The van der Waals surface area contributed by atoms with Gasteiger partial charge in [-0.1, -0.05) is 6.07 Å². The molecule has 37 heavy (non-hydrogen) atoms. The Morgan fingerprint density at radius 1 is 1.24 bits per heavy atom. The van der Waals surface area contributed by atoms with Crippen LogP contribution in [0.4, 0.5) is 36.3 Å². The Morgan fingerprint density at radius 3 is 2.70 bits per heavy atom. The Hall–Kier alpha value is -4.08. The van der Waals surface area contributed by atoms with Crippen LogP contribution in [0.1, 0.15) is 36.3 Å². The van der Waals surface area contributed by atoms with Crippen LogP contribution in [0.2, 0.25) is 0 Å². The molecule has 0 aromatic carbocycles. The number of rotatable bonds is 6. The second-order valence-corrected chi connectivity index (χ2v) is 8.83. The van der Waals surface area contributed by atoms with Gasteiger partial charge in [0.25, 0.3) is 5.91 Å². The van der Waals surface area contributed by atoms with Crippen LogP contribution in [0.25, 0.3) is 0 Å². The Morgan fingerprint density at radius 2 is 2.00 bits per heavy atom. The van der Waals surface area contributed by atoms with Crippen molar-refractivity contribution < 1.29 is 23.1 Å². The molecule has 194 valence electrons. The number of aliphatic hydroxyl groups is 1. The summed E-state index contributed by atoms with van der Waals surface area (Å²) in [6.45, 7) is 1.07. The molecular formula is C22H23F3N10O2. The van der Waals surface area contributed by atoms with Crippen molar-refractivity contribution in [1.82, 2.24) is 25.4 Å². The molecule has 2 aliphatic rings. The van der Waals surface area contributed by atoms with Gasteiger partial charge >= 0.3 is 6.18 Å². The fraction of sp³-hybridized carbons (Fsp3) is 0.318. The van der Waals surface area contributed by atoms with Crippen LogP contribution in [0.3, 0.4) is 0 Å². The topological polar surface area (TPSA) is 171 Å². The molecule has 0 fully saturated rings. The number of alkyl halides is 3. The van der Waals surface area contributed by atoms with E-state index in [9.17, 15) is 23.1 Å². The lowest BCUT2D eigenvalue weighted by Crippen LogP contribution is -2.51. The number of nitrogens with zero attached hydrogens (tertiary/aromatic N) is 6. The van der Waals surface area contributed by atoms with E-state index >= 15 is 0 Å². The quantitative estimate of drug-likeness (QED) is 0.181. The van der Waals surface area contributed by atoms with Gasteiger partial charge in [-0.3, -0.25) is 14.8 Å². The molecule has 15 heteroatoms. The zero-order chi connectivity index (χ0) is 26.5. The average Bonchev–Trinajstić information content (AvgIpc) is 3.33. The van der Waals surface area contributed by atoms with Crippen LogP contribution < -0.4 is 32.3 Å². The minimum atomic E-state index is -4.36. The lowest BCUT2D eigenvalue weighted by molar-refractivity contribution is -0.132. The van der Waals surface area contributed by atoms with Crippen LogP contribution in [-0.4, -0.2) is 49.9 Å². The molecule has 0 saturated heterocycles. The maximum absolute atomic E-state index is 13.3. The number of halogens is 3. The van der Waals surface area contributed by atoms with Crippen molar-refractivity contribution >= 4 is 29.0 Å².